The molecule has 2 aromatic carbocycles. The van der Waals surface area contributed by atoms with E-state index in [1.165, 1.54) is 18.3 Å². The van der Waals surface area contributed by atoms with E-state index in [-0.39, 0.29) is 34.1 Å². The number of esters is 2. The van der Waals surface area contributed by atoms with Crippen LogP contribution in [0.5, 0.6) is 5.75 Å². The maximum atomic E-state index is 13.5. The molecule has 9 nitrogen and oxygen atoms in total. The fourth-order valence-electron chi connectivity index (χ4n) is 3.93. The second-order valence-corrected chi connectivity index (χ2v) is 8.00. The van der Waals surface area contributed by atoms with Gasteiger partial charge in [-0.25, -0.2) is 0 Å². The van der Waals surface area contributed by atoms with E-state index < -0.39 is 35.4 Å². The first-order chi connectivity index (χ1) is 15.8. The van der Waals surface area contributed by atoms with E-state index in [4.69, 9.17) is 9.47 Å². The highest BCUT2D eigenvalue weighted by Gasteiger charge is 2.46. The first kappa shape index (κ1) is 22.4. The van der Waals surface area contributed by atoms with Crippen molar-refractivity contribution in [3.05, 3.63) is 64.8 Å². The first-order valence-electron chi connectivity index (χ1n) is 9.80. The largest absolute Gasteiger partial charge is 0.505 e. The van der Waals surface area contributed by atoms with Gasteiger partial charge in [0.1, 0.15) is 5.52 Å². The number of hydrogen-bond donors (Lipinski definition) is 1. The SMILES string of the molecule is COC(=O)C(C(=O)OC)c1c2c(c(O)c3ncccc13)C(=O)N(Cc1ccc(P)cc1)C2=O. The number of rotatable bonds is 5. The lowest BCUT2D eigenvalue weighted by Gasteiger charge is -2.18. The van der Waals surface area contributed by atoms with Gasteiger partial charge < -0.3 is 14.6 Å². The second kappa shape index (κ2) is 8.60. The molecule has 1 aliphatic heterocycles. The number of pyridine rings is 1. The van der Waals surface area contributed by atoms with Crippen molar-refractivity contribution in [3.63, 3.8) is 0 Å². The minimum atomic E-state index is -1.66. The van der Waals surface area contributed by atoms with Crippen LogP contribution < -0.4 is 5.30 Å². The summed E-state index contributed by atoms with van der Waals surface area (Å²) < 4.78 is 9.58. The molecule has 0 saturated heterocycles. The molecule has 0 fully saturated rings. The minimum Gasteiger partial charge on any atom is -0.505 e. The van der Waals surface area contributed by atoms with Crippen LogP contribution in [0.1, 0.15) is 37.8 Å². The van der Waals surface area contributed by atoms with Gasteiger partial charge in [0.05, 0.1) is 31.9 Å². The van der Waals surface area contributed by atoms with Crippen LogP contribution in [0.2, 0.25) is 0 Å². The van der Waals surface area contributed by atoms with Crippen LogP contribution in [-0.2, 0) is 25.6 Å². The summed E-state index contributed by atoms with van der Waals surface area (Å²) >= 11 is 0. The van der Waals surface area contributed by atoms with Gasteiger partial charge in [-0.05, 0) is 16.9 Å². The van der Waals surface area contributed by atoms with Gasteiger partial charge in [0.25, 0.3) is 11.8 Å². The molecule has 0 saturated carbocycles. The van der Waals surface area contributed by atoms with E-state index in [9.17, 15) is 24.3 Å². The molecule has 1 aromatic heterocycles. The number of fused-ring (bicyclic) bond motifs is 2. The Labute approximate surface area is 190 Å². The minimum absolute atomic E-state index is 0.0283. The lowest BCUT2D eigenvalue weighted by Crippen LogP contribution is -2.30. The molecule has 0 spiro atoms. The van der Waals surface area contributed by atoms with Crippen LogP contribution in [0.25, 0.3) is 10.9 Å². The summed E-state index contributed by atoms with van der Waals surface area (Å²) in [5, 5.41) is 12.0. The average molecular weight is 466 g/mol. The van der Waals surface area contributed by atoms with Gasteiger partial charge in [-0.3, -0.25) is 29.1 Å². The number of carbonyl (C=O) groups is 4. The summed E-state index contributed by atoms with van der Waals surface area (Å²) in [4.78, 5) is 57.1. The lowest BCUT2D eigenvalue weighted by molar-refractivity contribution is -0.154. The number of amides is 2. The zero-order valence-electron chi connectivity index (χ0n) is 17.7. The topological polar surface area (TPSA) is 123 Å². The smallest absolute Gasteiger partial charge is 0.324 e. The standard InChI is InChI=1S/C23H19N2O7P/c1-31-22(29)17(23(30)32-2)14-13-4-3-9-24-18(13)19(26)16-15(14)20(27)25(21(16)28)10-11-5-7-12(33)8-6-11/h3-9,17,26H,10,33H2,1-2H3. The molecule has 1 N–H and O–H groups in total. The van der Waals surface area contributed by atoms with Gasteiger partial charge in [-0.2, -0.15) is 0 Å². The van der Waals surface area contributed by atoms with Gasteiger partial charge in [-0.15, -0.1) is 9.24 Å². The maximum Gasteiger partial charge on any atom is 0.324 e. The molecule has 168 valence electrons. The molecule has 0 aliphatic carbocycles. The summed E-state index contributed by atoms with van der Waals surface area (Å²) in [6.07, 6.45) is 1.38. The van der Waals surface area contributed by atoms with E-state index in [1.807, 2.05) is 12.1 Å². The van der Waals surface area contributed by atoms with Crippen molar-refractivity contribution in [2.75, 3.05) is 14.2 Å². The molecular weight excluding hydrogens is 447 g/mol. The monoisotopic (exact) mass is 466 g/mol. The number of aromatic nitrogens is 1. The Morgan fingerprint density at radius 1 is 1.03 bits per heavy atom. The van der Waals surface area contributed by atoms with Gasteiger partial charge >= 0.3 is 11.9 Å². The highest BCUT2D eigenvalue weighted by atomic mass is 31.0. The third-order valence-corrected chi connectivity index (χ3v) is 5.86. The number of phenolic OH excluding ortho intramolecular Hbond substituents is 1. The number of carbonyl (C=O) groups excluding carboxylic acids is 4. The average Bonchev–Trinajstić information content (AvgIpc) is 3.07. The zero-order chi connectivity index (χ0) is 23.9. The number of hydrogen-bond acceptors (Lipinski definition) is 8. The molecule has 2 amide bonds. The molecule has 1 aliphatic rings. The Hall–Kier alpha value is -3.84. The Bertz CT molecular complexity index is 1300. The predicted octanol–water partition coefficient (Wildman–Crippen LogP) is 1.67. The molecule has 0 radical (unpaired) electrons. The lowest BCUT2D eigenvalue weighted by atomic mass is 9.87. The fraction of sp³-hybridized carbons (Fsp3) is 0.174. The van der Waals surface area contributed by atoms with Crippen molar-refractivity contribution in [1.29, 1.82) is 0 Å². The summed E-state index contributed by atoms with van der Waals surface area (Å²) in [5.41, 5.74) is -0.00905. The number of phenols is 1. The molecule has 2 heterocycles. The number of ether oxygens (including phenoxy) is 2. The molecule has 33 heavy (non-hydrogen) atoms. The van der Waals surface area contributed by atoms with Crippen LogP contribution in [0, 0.1) is 0 Å². The zero-order valence-corrected chi connectivity index (χ0v) is 18.8. The fourth-order valence-corrected chi connectivity index (χ4v) is 4.12. The van der Waals surface area contributed by atoms with Gasteiger partial charge in [-0.1, -0.05) is 30.3 Å². The van der Waals surface area contributed by atoms with E-state index in [0.29, 0.717) is 5.56 Å². The van der Waals surface area contributed by atoms with Crippen molar-refractivity contribution >= 4 is 49.2 Å². The summed E-state index contributed by atoms with van der Waals surface area (Å²) in [5.74, 6) is -5.62. The van der Waals surface area contributed by atoms with E-state index in [1.54, 1.807) is 12.1 Å². The first-order valence-corrected chi connectivity index (χ1v) is 10.4. The van der Waals surface area contributed by atoms with Crippen LogP contribution in [-0.4, -0.2) is 53.0 Å². The third kappa shape index (κ3) is 3.60. The van der Waals surface area contributed by atoms with Crippen molar-refractivity contribution < 1.29 is 33.8 Å². The van der Waals surface area contributed by atoms with Crippen molar-refractivity contribution in [3.8, 4) is 5.75 Å². The Kier molecular flexibility index (Phi) is 5.82. The molecule has 1 unspecified atom stereocenters. The van der Waals surface area contributed by atoms with Gasteiger partial charge in [0, 0.05) is 17.1 Å². The van der Waals surface area contributed by atoms with E-state index >= 15 is 0 Å². The predicted molar refractivity (Wildman–Crippen MR) is 120 cm³/mol. The van der Waals surface area contributed by atoms with E-state index in [2.05, 4.69) is 14.2 Å². The normalized spacial score (nSPS) is 12.9. The van der Waals surface area contributed by atoms with E-state index in [0.717, 1.165) is 24.4 Å². The molecule has 3 aromatic rings. The van der Waals surface area contributed by atoms with Crippen LogP contribution in [0.15, 0.2) is 42.6 Å². The Morgan fingerprint density at radius 2 is 1.64 bits per heavy atom. The highest BCUT2D eigenvalue weighted by molar-refractivity contribution is 7.27. The Balaban J connectivity index is 1.98. The van der Waals surface area contributed by atoms with Crippen molar-refractivity contribution in [2.24, 2.45) is 0 Å². The summed E-state index contributed by atoms with van der Waals surface area (Å²) in [6, 6.07) is 10.2. The molecule has 4 rings (SSSR count). The molecule has 0 bridgehead atoms. The van der Waals surface area contributed by atoms with Crippen molar-refractivity contribution in [2.45, 2.75) is 12.5 Å². The van der Waals surface area contributed by atoms with Crippen LogP contribution in [0.4, 0.5) is 0 Å². The highest BCUT2D eigenvalue weighted by Crippen LogP contribution is 2.43. The second-order valence-electron chi connectivity index (χ2n) is 7.33. The summed E-state index contributed by atoms with van der Waals surface area (Å²) in [6.45, 7) is -0.0684. The number of aromatic hydroxyl groups is 1. The van der Waals surface area contributed by atoms with Gasteiger partial charge in [0.15, 0.2) is 11.7 Å². The number of nitrogens with zero attached hydrogens (tertiary/aromatic N) is 2. The Morgan fingerprint density at radius 3 is 2.24 bits per heavy atom. The van der Waals surface area contributed by atoms with Crippen molar-refractivity contribution in [1.82, 2.24) is 9.88 Å². The quantitative estimate of drug-likeness (QED) is 0.261. The maximum absolute atomic E-state index is 13.5. The van der Waals surface area contributed by atoms with Gasteiger partial charge in [0.2, 0.25) is 0 Å². The molecule has 1 atom stereocenters. The molecular formula is C23H19N2O7P. The van der Waals surface area contributed by atoms with Crippen LogP contribution in [0.3, 0.4) is 0 Å². The number of benzene rings is 2. The number of imide groups is 1. The number of methoxy groups -OCH3 is 2. The van der Waals surface area contributed by atoms with Crippen LogP contribution >= 0.6 is 9.24 Å². The molecule has 10 heteroatoms. The summed E-state index contributed by atoms with van der Waals surface area (Å²) in [7, 11) is 4.73. The third-order valence-electron chi connectivity index (χ3n) is 5.48.